The van der Waals surface area contributed by atoms with Gasteiger partial charge in [-0.25, -0.2) is 4.79 Å². The van der Waals surface area contributed by atoms with Gasteiger partial charge in [0.15, 0.2) is 5.58 Å². The van der Waals surface area contributed by atoms with Crippen molar-refractivity contribution in [1.29, 1.82) is 0 Å². The highest BCUT2D eigenvalue weighted by Crippen LogP contribution is 2.18. The standard InChI is InChI=1S/C18H24N4O3.ClH/c23-17(21-9-5-14(13-21)20-11-7-19-8-12-20)6-10-22-15-3-1-2-4-16(15)25-18(22)24;/h1-4,14,19H,5-13H2;1H. The molecule has 0 radical (unpaired) electrons. The molecule has 1 N–H and O–H groups in total. The van der Waals surface area contributed by atoms with Crippen LogP contribution in [0.25, 0.3) is 11.1 Å². The predicted molar refractivity (Wildman–Crippen MR) is 102 cm³/mol. The van der Waals surface area contributed by atoms with E-state index in [2.05, 4.69) is 10.2 Å². The van der Waals surface area contributed by atoms with Crippen molar-refractivity contribution in [3.8, 4) is 0 Å². The number of likely N-dealkylation sites (tertiary alicyclic amines) is 1. The van der Waals surface area contributed by atoms with Gasteiger partial charge in [-0.15, -0.1) is 12.4 Å². The minimum Gasteiger partial charge on any atom is -0.408 e. The van der Waals surface area contributed by atoms with E-state index in [1.165, 1.54) is 0 Å². The fourth-order valence-electron chi connectivity index (χ4n) is 3.90. The van der Waals surface area contributed by atoms with Gasteiger partial charge in [-0.05, 0) is 18.6 Å². The van der Waals surface area contributed by atoms with E-state index in [1.807, 2.05) is 23.1 Å². The number of hydrogen-bond acceptors (Lipinski definition) is 5. The molecule has 1 aromatic carbocycles. The van der Waals surface area contributed by atoms with E-state index in [9.17, 15) is 9.59 Å². The van der Waals surface area contributed by atoms with E-state index >= 15 is 0 Å². The molecular weight excluding hydrogens is 356 g/mol. The van der Waals surface area contributed by atoms with Gasteiger partial charge in [0.05, 0.1) is 5.52 Å². The number of nitrogens with zero attached hydrogens (tertiary/aromatic N) is 3. The van der Waals surface area contributed by atoms with E-state index < -0.39 is 5.76 Å². The highest BCUT2D eigenvalue weighted by atomic mass is 35.5. The lowest BCUT2D eigenvalue weighted by Gasteiger charge is -2.32. The number of amides is 1. The van der Waals surface area contributed by atoms with Gasteiger partial charge in [0.2, 0.25) is 5.91 Å². The Hall–Kier alpha value is -1.83. The molecule has 8 heteroatoms. The molecule has 4 rings (SSSR count). The van der Waals surface area contributed by atoms with Crippen molar-refractivity contribution < 1.29 is 9.21 Å². The lowest BCUT2D eigenvalue weighted by Crippen LogP contribution is -2.49. The average molecular weight is 381 g/mol. The van der Waals surface area contributed by atoms with E-state index in [4.69, 9.17) is 4.42 Å². The number of carbonyl (C=O) groups excluding carboxylic acids is 1. The van der Waals surface area contributed by atoms with Gasteiger partial charge < -0.3 is 14.6 Å². The van der Waals surface area contributed by atoms with Crippen LogP contribution in [0.2, 0.25) is 0 Å². The number of carbonyl (C=O) groups is 1. The van der Waals surface area contributed by atoms with Crippen molar-refractivity contribution in [1.82, 2.24) is 19.7 Å². The van der Waals surface area contributed by atoms with Crippen LogP contribution in [0.3, 0.4) is 0 Å². The third-order valence-electron chi connectivity index (χ3n) is 5.31. The summed E-state index contributed by atoms with van der Waals surface area (Å²) in [4.78, 5) is 29.0. The number of para-hydroxylation sites is 2. The summed E-state index contributed by atoms with van der Waals surface area (Å²) in [5.41, 5.74) is 1.32. The SMILES string of the molecule is Cl.O=C(CCn1c(=O)oc2ccccc21)N1CCC(N2CCNCC2)C1. The van der Waals surface area contributed by atoms with Crippen LogP contribution in [0, 0.1) is 0 Å². The summed E-state index contributed by atoms with van der Waals surface area (Å²) in [5, 5.41) is 3.36. The Morgan fingerprint density at radius 1 is 1.19 bits per heavy atom. The number of rotatable bonds is 4. The molecule has 1 amide bonds. The third-order valence-corrected chi connectivity index (χ3v) is 5.31. The Balaban J connectivity index is 0.00000196. The molecule has 1 aromatic heterocycles. The summed E-state index contributed by atoms with van der Waals surface area (Å²) in [7, 11) is 0. The fraction of sp³-hybridized carbons (Fsp3) is 0.556. The van der Waals surface area contributed by atoms with Crippen LogP contribution in [-0.4, -0.2) is 65.6 Å². The number of halogens is 1. The van der Waals surface area contributed by atoms with Crippen LogP contribution < -0.4 is 11.1 Å². The molecule has 142 valence electrons. The molecule has 0 saturated carbocycles. The number of nitrogens with one attached hydrogen (secondary N) is 1. The highest BCUT2D eigenvalue weighted by molar-refractivity contribution is 5.85. The summed E-state index contributed by atoms with van der Waals surface area (Å²) in [6, 6.07) is 7.80. The number of aromatic nitrogens is 1. The minimum absolute atomic E-state index is 0. The number of hydrogen-bond donors (Lipinski definition) is 1. The van der Waals surface area contributed by atoms with Crippen molar-refractivity contribution in [3.63, 3.8) is 0 Å². The van der Waals surface area contributed by atoms with E-state index in [0.717, 1.165) is 51.2 Å². The summed E-state index contributed by atoms with van der Waals surface area (Å²) in [6.45, 7) is 6.16. The summed E-state index contributed by atoms with van der Waals surface area (Å²) < 4.78 is 6.78. The van der Waals surface area contributed by atoms with Crippen LogP contribution in [0.4, 0.5) is 0 Å². The number of oxazole rings is 1. The second-order valence-electron chi connectivity index (χ2n) is 6.81. The second kappa shape index (κ2) is 8.24. The zero-order valence-electron chi connectivity index (χ0n) is 14.7. The summed E-state index contributed by atoms with van der Waals surface area (Å²) >= 11 is 0. The van der Waals surface area contributed by atoms with Gasteiger partial charge in [0.25, 0.3) is 0 Å². The average Bonchev–Trinajstić information content (AvgIpc) is 3.25. The molecular formula is C18H25ClN4O3. The largest absolute Gasteiger partial charge is 0.419 e. The van der Waals surface area contributed by atoms with Crippen molar-refractivity contribution in [2.24, 2.45) is 0 Å². The molecule has 2 aliphatic rings. The molecule has 2 saturated heterocycles. The first-order valence-electron chi connectivity index (χ1n) is 9.03. The van der Waals surface area contributed by atoms with Gasteiger partial charge >= 0.3 is 5.76 Å². The minimum atomic E-state index is -0.394. The summed E-state index contributed by atoms with van der Waals surface area (Å²) in [5.74, 6) is -0.274. The summed E-state index contributed by atoms with van der Waals surface area (Å²) in [6.07, 6.45) is 1.37. The van der Waals surface area contributed by atoms with Crippen molar-refractivity contribution in [2.45, 2.75) is 25.4 Å². The van der Waals surface area contributed by atoms with Gasteiger partial charge in [-0.1, -0.05) is 12.1 Å². The van der Waals surface area contributed by atoms with Gasteiger partial charge in [0.1, 0.15) is 0 Å². The van der Waals surface area contributed by atoms with E-state index in [1.54, 1.807) is 10.6 Å². The first-order valence-corrected chi connectivity index (χ1v) is 9.03. The van der Waals surface area contributed by atoms with Gasteiger partial charge in [-0.2, -0.15) is 0 Å². The molecule has 1 unspecified atom stereocenters. The van der Waals surface area contributed by atoms with Crippen molar-refractivity contribution >= 4 is 29.4 Å². The monoisotopic (exact) mass is 380 g/mol. The van der Waals surface area contributed by atoms with Crippen LogP contribution in [-0.2, 0) is 11.3 Å². The fourth-order valence-corrected chi connectivity index (χ4v) is 3.90. The second-order valence-corrected chi connectivity index (χ2v) is 6.81. The van der Waals surface area contributed by atoms with Gasteiger partial charge in [0, 0.05) is 58.3 Å². The third kappa shape index (κ3) is 3.79. The molecule has 2 fully saturated rings. The Labute approximate surface area is 158 Å². The molecule has 1 atom stereocenters. The lowest BCUT2D eigenvalue weighted by atomic mass is 10.2. The van der Waals surface area contributed by atoms with Crippen LogP contribution in [0.1, 0.15) is 12.8 Å². The van der Waals surface area contributed by atoms with Crippen LogP contribution in [0.15, 0.2) is 33.5 Å². The molecule has 26 heavy (non-hydrogen) atoms. The number of aryl methyl sites for hydroxylation is 1. The van der Waals surface area contributed by atoms with E-state index in [0.29, 0.717) is 24.6 Å². The molecule has 0 aliphatic carbocycles. The number of fused-ring (bicyclic) bond motifs is 1. The smallest absolute Gasteiger partial charge is 0.408 e. The highest BCUT2D eigenvalue weighted by Gasteiger charge is 2.30. The number of benzene rings is 1. The molecule has 7 nitrogen and oxygen atoms in total. The Morgan fingerprint density at radius 3 is 2.77 bits per heavy atom. The Kier molecular flexibility index (Phi) is 6.01. The van der Waals surface area contributed by atoms with Crippen LogP contribution in [0.5, 0.6) is 0 Å². The first kappa shape index (κ1) is 18.9. The molecule has 2 aliphatic heterocycles. The topological polar surface area (TPSA) is 70.7 Å². The first-order chi connectivity index (χ1) is 12.2. The molecule has 0 spiro atoms. The maximum absolute atomic E-state index is 12.6. The quantitative estimate of drug-likeness (QED) is 0.853. The Morgan fingerprint density at radius 2 is 1.96 bits per heavy atom. The number of piperazine rings is 1. The van der Waals surface area contributed by atoms with Crippen molar-refractivity contribution in [3.05, 3.63) is 34.8 Å². The lowest BCUT2D eigenvalue weighted by molar-refractivity contribution is -0.130. The van der Waals surface area contributed by atoms with Gasteiger partial charge in [-0.3, -0.25) is 14.3 Å². The zero-order valence-corrected chi connectivity index (χ0v) is 15.5. The van der Waals surface area contributed by atoms with Crippen molar-refractivity contribution in [2.75, 3.05) is 39.3 Å². The van der Waals surface area contributed by atoms with Crippen LogP contribution >= 0.6 is 12.4 Å². The Bertz CT molecular complexity index is 812. The maximum Gasteiger partial charge on any atom is 0.419 e. The normalized spacial score (nSPS) is 21.1. The predicted octanol–water partition coefficient (Wildman–Crippen LogP) is 0.913. The van der Waals surface area contributed by atoms with E-state index in [-0.39, 0.29) is 18.3 Å². The molecule has 3 heterocycles. The molecule has 0 bridgehead atoms. The molecule has 2 aromatic rings. The zero-order chi connectivity index (χ0) is 17.2. The maximum atomic E-state index is 12.6.